The summed E-state index contributed by atoms with van der Waals surface area (Å²) in [7, 11) is 1.94. The van der Waals surface area contributed by atoms with Gasteiger partial charge in [0.15, 0.2) is 0 Å². The zero-order chi connectivity index (χ0) is 9.59. The first-order chi connectivity index (χ1) is 6.16. The van der Waals surface area contributed by atoms with Crippen LogP contribution < -0.4 is 5.32 Å². The van der Waals surface area contributed by atoms with Crippen LogP contribution >= 0.6 is 0 Å². The molecule has 2 aliphatic carbocycles. The zero-order valence-corrected chi connectivity index (χ0v) is 8.70. The first-order valence-corrected chi connectivity index (χ1v) is 4.94. The highest BCUT2D eigenvalue weighted by molar-refractivity contribution is 5.74. The Labute approximate surface area is 80.2 Å². The van der Waals surface area contributed by atoms with Crippen molar-refractivity contribution in [3.63, 3.8) is 0 Å². The first kappa shape index (κ1) is 8.61. The summed E-state index contributed by atoms with van der Waals surface area (Å²) in [6.07, 6.45) is 2.35. The van der Waals surface area contributed by atoms with Gasteiger partial charge in [0.1, 0.15) is 0 Å². The molecule has 2 rings (SSSR count). The van der Waals surface area contributed by atoms with Crippen molar-refractivity contribution in [1.82, 2.24) is 5.32 Å². The summed E-state index contributed by atoms with van der Waals surface area (Å²) >= 11 is 0. The van der Waals surface area contributed by atoms with Gasteiger partial charge in [-0.15, -0.1) is 0 Å². The molecule has 0 amide bonds. The monoisotopic (exact) mass is 175 g/mol. The molecular formula is C12H17N. The van der Waals surface area contributed by atoms with E-state index in [-0.39, 0.29) is 0 Å². The summed E-state index contributed by atoms with van der Waals surface area (Å²) in [5.41, 5.74) is 7.57. The molecule has 0 radical (unpaired) electrons. The maximum absolute atomic E-state index is 3.94. The van der Waals surface area contributed by atoms with E-state index in [1.165, 1.54) is 6.42 Å². The smallest absolute Gasteiger partial charge is 0.0105 e. The molecule has 0 aromatic heterocycles. The van der Waals surface area contributed by atoms with Gasteiger partial charge in [0.05, 0.1) is 0 Å². The van der Waals surface area contributed by atoms with Crippen molar-refractivity contribution in [2.24, 2.45) is 5.92 Å². The van der Waals surface area contributed by atoms with Gasteiger partial charge in [-0.05, 0) is 49.0 Å². The second-order valence-corrected chi connectivity index (χ2v) is 4.02. The lowest BCUT2D eigenvalue weighted by atomic mass is 10.0. The third kappa shape index (κ3) is 1.14. The topological polar surface area (TPSA) is 12.0 Å². The van der Waals surface area contributed by atoms with Crippen molar-refractivity contribution >= 4 is 0 Å². The molecule has 0 aromatic carbocycles. The molecule has 70 valence electrons. The summed E-state index contributed by atoms with van der Waals surface area (Å²) in [5, 5.41) is 3.09. The Morgan fingerprint density at radius 3 is 2.31 bits per heavy atom. The van der Waals surface area contributed by atoms with Crippen molar-refractivity contribution in [2.75, 3.05) is 7.05 Å². The minimum absolute atomic E-state index is 0.796. The first-order valence-electron chi connectivity index (χ1n) is 4.94. The third-order valence-corrected chi connectivity index (χ3v) is 3.36. The van der Waals surface area contributed by atoms with Crippen molar-refractivity contribution in [2.45, 2.75) is 26.7 Å². The fourth-order valence-electron chi connectivity index (χ4n) is 2.27. The van der Waals surface area contributed by atoms with Gasteiger partial charge in [-0.25, -0.2) is 0 Å². The minimum Gasteiger partial charge on any atom is -0.392 e. The van der Waals surface area contributed by atoms with E-state index in [9.17, 15) is 0 Å². The second kappa shape index (κ2) is 2.76. The molecule has 1 N–H and O–H groups in total. The number of allylic oxidation sites excluding steroid dienone is 5. The number of hydrogen-bond donors (Lipinski definition) is 1. The van der Waals surface area contributed by atoms with E-state index in [4.69, 9.17) is 0 Å². The molecule has 0 saturated heterocycles. The van der Waals surface area contributed by atoms with Crippen LogP contribution in [0.1, 0.15) is 26.7 Å². The molecule has 0 aromatic rings. The average molecular weight is 175 g/mol. The Morgan fingerprint density at radius 2 is 1.85 bits per heavy atom. The molecule has 0 atom stereocenters. The molecule has 0 bridgehead atoms. The molecule has 1 saturated carbocycles. The molecular weight excluding hydrogens is 158 g/mol. The van der Waals surface area contributed by atoms with Gasteiger partial charge in [0.25, 0.3) is 0 Å². The van der Waals surface area contributed by atoms with E-state index in [2.05, 4.69) is 25.7 Å². The fraction of sp³-hybridized carbons (Fsp3) is 0.500. The largest absolute Gasteiger partial charge is 0.392 e. The van der Waals surface area contributed by atoms with Gasteiger partial charge in [-0.1, -0.05) is 6.58 Å². The van der Waals surface area contributed by atoms with Crippen LogP contribution in [-0.4, -0.2) is 7.05 Å². The lowest BCUT2D eigenvalue weighted by Crippen LogP contribution is -2.03. The van der Waals surface area contributed by atoms with Crippen LogP contribution in [0.25, 0.3) is 0 Å². The Balaban J connectivity index is 1.86. The van der Waals surface area contributed by atoms with Crippen molar-refractivity contribution in [1.29, 1.82) is 0 Å². The molecule has 1 fully saturated rings. The van der Waals surface area contributed by atoms with Crippen LogP contribution in [0.4, 0.5) is 0 Å². The standard InChI is InChI=1S/C12H17N/c1-7(13-4)5-6-10-11-8(2)9(3)12(10)11/h10,13H,1,5-6H2,2-4H3. The predicted octanol–water partition coefficient (Wildman–Crippen LogP) is 2.78. The molecule has 13 heavy (non-hydrogen) atoms. The third-order valence-electron chi connectivity index (χ3n) is 3.36. The van der Waals surface area contributed by atoms with Gasteiger partial charge >= 0.3 is 0 Å². The van der Waals surface area contributed by atoms with E-state index >= 15 is 0 Å². The van der Waals surface area contributed by atoms with Crippen molar-refractivity contribution in [3.8, 4) is 0 Å². The van der Waals surface area contributed by atoms with Gasteiger partial charge in [-0.3, -0.25) is 0 Å². The molecule has 0 heterocycles. The summed E-state index contributed by atoms with van der Waals surface area (Å²) in [4.78, 5) is 0. The lowest BCUT2D eigenvalue weighted by Gasteiger charge is -2.04. The van der Waals surface area contributed by atoms with Crippen LogP contribution in [0, 0.1) is 5.92 Å². The SMILES string of the molecule is C=C(CCC1C2=C(C)C(C)=C21)NC. The van der Waals surface area contributed by atoms with E-state index < -0.39 is 0 Å². The Hall–Kier alpha value is -0.980. The second-order valence-electron chi connectivity index (χ2n) is 4.02. The van der Waals surface area contributed by atoms with Crippen molar-refractivity contribution in [3.05, 3.63) is 34.6 Å². The summed E-state index contributed by atoms with van der Waals surface area (Å²) in [6, 6.07) is 0. The molecule has 0 unspecified atom stereocenters. The molecule has 0 aliphatic heterocycles. The Kier molecular flexibility index (Phi) is 1.83. The molecule has 1 nitrogen and oxygen atoms in total. The summed E-state index contributed by atoms with van der Waals surface area (Å²) < 4.78 is 0. The summed E-state index contributed by atoms with van der Waals surface area (Å²) in [5.74, 6) is 0.796. The van der Waals surface area contributed by atoms with E-state index in [0.717, 1.165) is 18.0 Å². The van der Waals surface area contributed by atoms with Gasteiger partial charge in [0, 0.05) is 18.7 Å². The Morgan fingerprint density at radius 1 is 1.31 bits per heavy atom. The highest BCUT2D eigenvalue weighted by Crippen LogP contribution is 2.60. The minimum atomic E-state index is 0.796. The molecule has 2 aliphatic rings. The maximum Gasteiger partial charge on any atom is 0.0105 e. The number of hydrogen-bond acceptors (Lipinski definition) is 1. The van der Waals surface area contributed by atoms with Gasteiger partial charge in [-0.2, -0.15) is 0 Å². The highest BCUT2D eigenvalue weighted by atomic mass is 14.8. The fourth-order valence-corrected chi connectivity index (χ4v) is 2.27. The molecule has 0 spiro atoms. The van der Waals surface area contributed by atoms with Gasteiger partial charge in [0.2, 0.25) is 0 Å². The van der Waals surface area contributed by atoms with Crippen molar-refractivity contribution < 1.29 is 0 Å². The number of fused-ring (bicyclic) bond motifs is 1. The lowest BCUT2D eigenvalue weighted by molar-refractivity contribution is 0.736. The van der Waals surface area contributed by atoms with Gasteiger partial charge < -0.3 is 5.32 Å². The van der Waals surface area contributed by atoms with E-state index in [1.807, 2.05) is 7.05 Å². The highest BCUT2D eigenvalue weighted by Gasteiger charge is 2.46. The van der Waals surface area contributed by atoms with Crippen LogP contribution in [-0.2, 0) is 0 Å². The summed E-state index contributed by atoms with van der Waals surface area (Å²) in [6.45, 7) is 8.41. The van der Waals surface area contributed by atoms with Crippen LogP contribution in [0.5, 0.6) is 0 Å². The normalized spacial score (nSPS) is 19.9. The molecule has 1 heteroatoms. The quantitative estimate of drug-likeness (QED) is 0.692. The van der Waals surface area contributed by atoms with E-state index in [1.54, 1.807) is 22.3 Å². The zero-order valence-electron chi connectivity index (χ0n) is 8.70. The van der Waals surface area contributed by atoms with E-state index in [0.29, 0.717) is 0 Å². The van der Waals surface area contributed by atoms with Crippen LogP contribution in [0.15, 0.2) is 34.6 Å². The maximum atomic E-state index is 3.94. The predicted molar refractivity (Wildman–Crippen MR) is 56.3 cm³/mol. The Bertz CT molecular complexity index is 307. The number of rotatable bonds is 4. The average Bonchev–Trinajstić information content (AvgIpc) is 2.83. The number of nitrogens with one attached hydrogen (secondary N) is 1. The van der Waals surface area contributed by atoms with Crippen LogP contribution in [0.2, 0.25) is 0 Å². The van der Waals surface area contributed by atoms with Crippen LogP contribution in [0.3, 0.4) is 0 Å².